The van der Waals surface area contributed by atoms with Gasteiger partial charge in [-0.05, 0) is 46.6 Å². The molecule has 0 atom stereocenters. The fourth-order valence-electron chi connectivity index (χ4n) is 1.78. The number of halogens is 1. The Hall–Kier alpha value is -1.38. The van der Waals surface area contributed by atoms with E-state index in [-0.39, 0.29) is 4.21 Å². The Balaban J connectivity index is 2.01. The average Bonchev–Trinajstić information content (AvgIpc) is 2.95. The normalized spacial score (nSPS) is 11.9. The number of anilines is 1. The van der Waals surface area contributed by atoms with Crippen molar-refractivity contribution in [3.05, 3.63) is 39.7 Å². The fourth-order valence-corrected chi connectivity index (χ4v) is 5.03. The maximum atomic E-state index is 12.3. The zero-order chi connectivity index (χ0) is 14.3. The van der Waals surface area contributed by atoms with E-state index in [9.17, 15) is 8.42 Å². The molecule has 2 aromatic heterocycles. The first-order chi connectivity index (χ1) is 9.47. The zero-order valence-corrected chi connectivity index (χ0v) is 13.6. The van der Waals surface area contributed by atoms with Gasteiger partial charge in [0.15, 0.2) is 5.82 Å². The number of benzene rings is 1. The standard InChI is InChI=1S/C12H10BrN3O2S2/c1-7-6-10(19-11(7)13)20(17,18)16-12-8-4-2-3-5-9(8)14-15-12/h2-6H,1H3,(H2,14,15,16). The van der Waals surface area contributed by atoms with E-state index in [1.54, 1.807) is 6.07 Å². The molecule has 104 valence electrons. The molecule has 0 aliphatic rings. The number of para-hydroxylation sites is 1. The number of hydrogen-bond donors (Lipinski definition) is 2. The summed E-state index contributed by atoms with van der Waals surface area (Å²) in [6, 6.07) is 8.98. The molecule has 0 aliphatic carbocycles. The van der Waals surface area contributed by atoms with Crippen molar-refractivity contribution < 1.29 is 8.42 Å². The molecule has 0 aliphatic heterocycles. The van der Waals surface area contributed by atoms with Crippen LogP contribution in [0.25, 0.3) is 10.9 Å². The maximum absolute atomic E-state index is 12.3. The Morgan fingerprint density at radius 3 is 2.80 bits per heavy atom. The quantitative estimate of drug-likeness (QED) is 0.739. The van der Waals surface area contributed by atoms with Gasteiger partial charge in [-0.1, -0.05) is 12.1 Å². The van der Waals surface area contributed by atoms with Gasteiger partial charge in [-0.15, -0.1) is 11.3 Å². The summed E-state index contributed by atoms with van der Waals surface area (Å²) in [5.41, 5.74) is 1.68. The van der Waals surface area contributed by atoms with Crippen molar-refractivity contribution in [2.24, 2.45) is 0 Å². The van der Waals surface area contributed by atoms with Crippen LogP contribution in [0.15, 0.2) is 38.3 Å². The summed E-state index contributed by atoms with van der Waals surface area (Å²) in [6.45, 7) is 1.85. The van der Waals surface area contributed by atoms with Gasteiger partial charge >= 0.3 is 0 Å². The molecule has 0 amide bonds. The van der Waals surface area contributed by atoms with Crippen LogP contribution in [0.1, 0.15) is 5.56 Å². The van der Waals surface area contributed by atoms with Crippen molar-refractivity contribution in [3.8, 4) is 0 Å². The lowest BCUT2D eigenvalue weighted by atomic mass is 10.2. The smallest absolute Gasteiger partial charge is 0.272 e. The number of sulfonamides is 1. The van der Waals surface area contributed by atoms with Crippen molar-refractivity contribution in [1.29, 1.82) is 0 Å². The Labute approximate surface area is 128 Å². The summed E-state index contributed by atoms with van der Waals surface area (Å²) in [4.78, 5) is 0. The number of aromatic amines is 1. The van der Waals surface area contributed by atoms with Crippen LogP contribution < -0.4 is 4.72 Å². The molecule has 0 radical (unpaired) electrons. The van der Waals surface area contributed by atoms with Crippen LogP contribution in [0.2, 0.25) is 0 Å². The number of aryl methyl sites for hydroxylation is 1. The number of thiophene rings is 1. The third-order valence-corrected chi connectivity index (χ3v) is 6.75. The molecule has 0 saturated carbocycles. The highest BCUT2D eigenvalue weighted by molar-refractivity contribution is 9.11. The Morgan fingerprint density at radius 1 is 1.35 bits per heavy atom. The maximum Gasteiger partial charge on any atom is 0.272 e. The van der Waals surface area contributed by atoms with Crippen LogP contribution in [0.5, 0.6) is 0 Å². The van der Waals surface area contributed by atoms with Gasteiger partial charge < -0.3 is 0 Å². The van der Waals surface area contributed by atoms with Crippen LogP contribution in [-0.4, -0.2) is 18.6 Å². The second kappa shape index (κ2) is 4.87. The van der Waals surface area contributed by atoms with Crippen molar-refractivity contribution in [2.45, 2.75) is 11.1 Å². The van der Waals surface area contributed by atoms with E-state index in [4.69, 9.17) is 0 Å². The van der Waals surface area contributed by atoms with E-state index in [2.05, 4.69) is 30.8 Å². The van der Waals surface area contributed by atoms with Gasteiger partial charge in [-0.25, -0.2) is 8.42 Å². The van der Waals surface area contributed by atoms with Crippen LogP contribution in [0.4, 0.5) is 5.82 Å². The number of rotatable bonds is 3. The second-order valence-electron chi connectivity index (χ2n) is 4.25. The molecule has 5 nitrogen and oxygen atoms in total. The zero-order valence-electron chi connectivity index (χ0n) is 10.3. The van der Waals surface area contributed by atoms with Gasteiger partial charge in [0.05, 0.1) is 9.30 Å². The van der Waals surface area contributed by atoms with Gasteiger partial charge in [-0.3, -0.25) is 9.82 Å². The Kier molecular flexibility index (Phi) is 3.31. The predicted molar refractivity (Wildman–Crippen MR) is 83.7 cm³/mol. The van der Waals surface area contributed by atoms with Gasteiger partial charge in [0, 0.05) is 5.39 Å². The van der Waals surface area contributed by atoms with Gasteiger partial charge in [-0.2, -0.15) is 5.10 Å². The highest BCUT2D eigenvalue weighted by atomic mass is 79.9. The highest BCUT2D eigenvalue weighted by Crippen LogP contribution is 2.32. The first-order valence-corrected chi connectivity index (χ1v) is 8.78. The molecule has 0 unspecified atom stereocenters. The molecule has 8 heteroatoms. The molecule has 2 heterocycles. The second-order valence-corrected chi connectivity index (χ2v) is 8.52. The van der Waals surface area contributed by atoms with Crippen LogP contribution >= 0.6 is 27.3 Å². The van der Waals surface area contributed by atoms with Crippen molar-refractivity contribution in [3.63, 3.8) is 0 Å². The molecule has 3 aromatic rings. The number of nitrogens with one attached hydrogen (secondary N) is 2. The third kappa shape index (κ3) is 2.34. The summed E-state index contributed by atoms with van der Waals surface area (Å²) in [5, 5.41) is 7.55. The van der Waals surface area contributed by atoms with Crippen molar-refractivity contribution >= 4 is 54.0 Å². The minimum Gasteiger partial charge on any atom is -0.276 e. The average molecular weight is 372 g/mol. The summed E-state index contributed by atoms with van der Waals surface area (Å²) in [5.74, 6) is 0.308. The van der Waals surface area contributed by atoms with Crippen molar-refractivity contribution in [1.82, 2.24) is 10.2 Å². The molecule has 0 bridgehead atoms. The third-order valence-electron chi connectivity index (χ3n) is 2.80. The predicted octanol–water partition coefficient (Wildman–Crippen LogP) is 3.50. The van der Waals surface area contributed by atoms with Crippen LogP contribution in [0, 0.1) is 6.92 Å². The van der Waals surface area contributed by atoms with Crippen LogP contribution in [-0.2, 0) is 10.0 Å². The molecule has 20 heavy (non-hydrogen) atoms. The first-order valence-electron chi connectivity index (χ1n) is 5.69. The number of H-pyrrole nitrogens is 1. The molecule has 0 saturated heterocycles. The van der Waals surface area contributed by atoms with E-state index in [1.165, 1.54) is 11.3 Å². The summed E-state index contributed by atoms with van der Waals surface area (Å²) in [7, 11) is -3.62. The minimum absolute atomic E-state index is 0.258. The topological polar surface area (TPSA) is 74.8 Å². The molecule has 0 spiro atoms. The Morgan fingerprint density at radius 2 is 2.10 bits per heavy atom. The highest BCUT2D eigenvalue weighted by Gasteiger charge is 2.20. The molecular formula is C12H10BrN3O2S2. The monoisotopic (exact) mass is 371 g/mol. The van der Waals surface area contributed by atoms with E-state index in [0.717, 1.165) is 20.3 Å². The lowest BCUT2D eigenvalue weighted by Crippen LogP contribution is -2.11. The molecule has 1 aromatic carbocycles. The van der Waals surface area contributed by atoms with Gasteiger partial charge in [0.25, 0.3) is 10.0 Å². The number of nitrogens with zero attached hydrogens (tertiary/aromatic N) is 1. The van der Waals surface area contributed by atoms with Gasteiger partial charge in [0.2, 0.25) is 0 Å². The number of hydrogen-bond acceptors (Lipinski definition) is 4. The first kappa shape index (κ1) is 13.6. The van der Waals surface area contributed by atoms with Gasteiger partial charge in [0.1, 0.15) is 4.21 Å². The SMILES string of the molecule is Cc1cc(S(=O)(=O)Nc2n[nH]c3ccccc23)sc1Br. The lowest BCUT2D eigenvalue weighted by Gasteiger charge is -2.02. The molecule has 0 fully saturated rings. The fraction of sp³-hybridized carbons (Fsp3) is 0.0833. The minimum atomic E-state index is -3.62. The lowest BCUT2D eigenvalue weighted by molar-refractivity contribution is 0.603. The summed E-state index contributed by atoms with van der Waals surface area (Å²) < 4.78 is 28.3. The molecule has 2 N–H and O–H groups in total. The van der Waals surface area contributed by atoms with E-state index >= 15 is 0 Å². The van der Waals surface area contributed by atoms with Crippen molar-refractivity contribution in [2.75, 3.05) is 4.72 Å². The van der Waals surface area contributed by atoms with E-state index in [0.29, 0.717) is 5.82 Å². The van der Waals surface area contributed by atoms with E-state index in [1.807, 2.05) is 31.2 Å². The summed E-state index contributed by atoms with van der Waals surface area (Å²) >= 11 is 4.51. The van der Waals surface area contributed by atoms with Crippen LogP contribution in [0.3, 0.4) is 0 Å². The number of aromatic nitrogens is 2. The summed E-state index contributed by atoms with van der Waals surface area (Å²) in [6.07, 6.45) is 0. The number of fused-ring (bicyclic) bond motifs is 1. The van der Waals surface area contributed by atoms with E-state index < -0.39 is 10.0 Å². The molecular weight excluding hydrogens is 362 g/mol. The largest absolute Gasteiger partial charge is 0.276 e. The Bertz CT molecular complexity index is 864. The molecule has 3 rings (SSSR count).